The molecule has 2 rings (SSSR count). The third-order valence-electron chi connectivity index (χ3n) is 2.52. The van der Waals surface area contributed by atoms with Crippen LogP contribution in [0.3, 0.4) is 0 Å². The molecule has 1 aromatic heterocycles. The number of thioether (sulfide) groups is 1. The SMILES string of the molecule is Cc1nnc(SC2COC2)c(C(=O)O)c1C. The molecule has 1 fully saturated rings. The molecule has 0 radical (unpaired) electrons. The number of carboxylic acid groups (broad SMARTS) is 1. The molecule has 1 aliphatic heterocycles. The average Bonchev–Trinajstić information content (AvgIpc) is 2.16. The zero-order chi connectivity index (χ0) is 11.7. The minimum absolute atomic E-state index is 0.268. The van der Waals surface area contributed by atoms with Crippen molar-refractivity contribution in [2.45, 2.75) is 24.1 Å². The van der Waals surface area contributed by atoms with E-state index < -0.39 is 5.97 Å². The zero-order valence-electron chi connectivity index (χ0n) is 9.06. The number of rotatable bonds is 3. The Morgan fingerprint density at radius 1 is 1.44 bits per heavy atom. The molecule has 0 aliphatic carbocycles. The van der Waals surface area contributed by atoms with Crippen LogP contribution in [0.4, 0.5) is 0 Å². The van der Waals surface area contributed by atoms with Gasteiger partial charge in [0, 0.05) is 0 Å². The van der Waals surface area contributed by atoms with Gasteiger partial charge in [-0.25, -0.2) is 4.79 Å². The molecule has 0 unspecified atom stereocenters. The summed E-state index contributed by atoms with van der Waals surface area (Å²) >= 11 is 1.43. The predicted molar refractivity (Wildman–Crippen MR) is 58.9 cm³/mol. The van der Waals surface area contributed by atoms with Crippen molar-refractivity contribution in [2.24, 2.45) is 0 Å². The van der Waals surface area contributed by atoms with Crippen molar-refractivity contribution in [3.05, 3.63) is 16.8 Å². The number of carbonyl (C=O) groups is 1. The summed E-state index contributed by atoms with van der Waals surface area (Å²) in [7, 11) is 0. The number of ether oxygens (including phenoxy) is 1. The van der Waals surface area contributed by atoms with Crippen molar-refractivity contribution >= 4 is 17.7 Å². The molecule has 5 nitrogen and oxygen atoms in total. The van der Waals surface area contributed by atoms with Gasteiger partial charge in [0.15, 0.2) is 0 Å². The van der Waals surface area contributed by atoms with Gasteiger partial charge in [0.2, 0.25) is 0 Å². The number of aromatic nitrogens is 2. The molecule has 1 aliphatic rings. The van der Waals surface area contributed by atoms with Crippen LogP contribution in [0, 0.1) is 13.8 Å². The monoisotopic (exact) mass is 240 g/mol. The third-order valence-corrected chi connectivity index (χ3v) is 3.64. The van der Waals surface area contributed by atoms with Gasteiger partial charge in [0.25, 0.3) is 0 Å². The average molecular weight is 240 g/mol. The van der Waals surface area contributed by atoms with Gasteiger partial charge in [0.05, 0.1) is 29.7 Å². The van der Waals surface area contributed by atoms with Gasteiger partial charge < -0.3 is 9.84 Å². The zero-order valence-corrected chi connectivity index (χ0v) is 9.87. The van der Waals surface area contributed by atoms with Crippen molar-refractivity contribution in [2.75, 3.05) is 13.2 Å². The largest absolute Gasteiger partial charge is 0.478 e. The Balaban J connectivity index is 2.35. The van der Waals surface area contributed by atoms with Gasteiger partial charge >= 0.3 is 5.97 Å². The highest BCUT2D eigenvalue weighted by Gasteiger charge is 2.25. The number of aromatic carboxylic acids is 1. The maximum absolute atomic E-state index is 11.2. The Labute approximate surface area is 97.2 Å². The molecule has 0 saturated carbocycles. The smallest absolute Gasteiger partial charge is 0.338 e. The summed E-state index contributed by atoms with van der Waals surface area (Å²) in [6.07, 6.45) is 0. The number of nitrogens with zero attached hydrogens (tertiary/aromatic N) is 2. The summed E-state index contributed by atoms with van der Waals surface area (Å²) in [5.74, 6) is -0.946. The molecule has 0 atom stereocenters. The van der Waals surface area contributed by atoms with Crippen LogP contribution >= 0.6 is 11.8 Å². The van der Waals surface area contributed by atoms with E-state index in [9.17, 15) is 4.79 Å². The summed E-state index contributed by atoms with van der Waals surface area (Å²) in [6, 6.07) is 0. The molecule has 2 heterocycles. The Kier molecular flexibility index (Phi) is 3.11. The molecular weight excluding hydrogens is 228 g/mol. The van der Waals surface area contributed by atoms with E-state index in [1.165, 1.54) is 11.8 Å². The van der Waals surface area contributed by atoms with Gasteiger partial charge in [-0.3, -0.25) is 0 Å². The fourth-order valence-electron chi connectivity index (χ4n) is 1.36. The van der Waals surface area contributed by atoms with Crippen molar-refractivity contribution in [3.63, 3.8) is 0 Å². The van der Waals surface area contributed by atoms with Crippen LogP contribution in [-0.4, -0.2) is 39.7 Å². The van der Waals surface area contributed by atoms with Gasteiger partial charge in [-0.15, -0.1) is 5.10 Å². The number of hydrogen-bond acceptors (Lipinski definition) is 5. The number of hydrogen-bond donors (Lipinski definition) is 1. The van der Waals surface area contributed by atoms with Crippen molar-refractivity contribution in [1.82, 2.24) is 10.2 Å². The Morgan fingerprint density at radius 2 is 2.12 bits per heavy atom. The highest BCUT2D eigenvalue weighted by Crippen LogP contribution is 2.30. The van der Waals surface area contributed by atoms with E-state index in [-0.39, 0.29) is 5.56 Å². The second-order valence-corrected chi connectivity index (χ2v) is 4.96. The van der Waals surface area contributed by atoms with E-state index >= 15 is 0 Å². The fraction of sp³-hybridized carbons (Fsp3) is 0.500. The summed E-state index contributed by atoms with van der Waals surface area (Å²) in [4.78, 5) is 11.2. The van der Waals surface area contributed by atoms with Crippen LogP contribution in [0.5, 0.6) is 0 Å². The van der Waals surface area contributed by atoms with Crippen LogP contribution in [-0.2, 0) is 4.74 Å². The topological polar surface area (TPSA) is 72.3 Å². The Hall–Kier alpha value is -1.14. The molecule has 1 aromatic rings. The molecule has 0 aromatic carbocycles. The lowest BCUT2D eigenvalue weighted by Gasteiger charge is -2.25. The molecule has 0 bridgehead atoms. The molecule has 16 heavy (non-hydrogen) atoms. The van der Waals surface area contributed by atoms with Gasteiger partial charge in [-0.05, 0) is 19.4 Å². The second-order valence-electron chi connectivity index (χ2n) is 3.67. The highest BCUT2D eigenvalue weighted by molar-refractivity contribution is 8.00. The van der Waals surface area contributed by atoms with Crippen molar-refractivity contribution in [1.29, 1.82) is 0 Å². The lowest BCUT2D eigenvalue weighted by atomic mass is 10.1. The van der Waals surface area contributed by atoms with Crippen LogP contribution < -0.4 is 0 Å². The van der Waals surface area contributed by atoms with E-state index in [1.54, 1.807) is 13.8 Å². The minimum atomic E-state index is -0.946. The molecule has 0 amide bonds. The van der Waals surface area contributed by atoms with Crippen LogP contribution in [0.1, 0.15) is 21.6 Å². The summed E-state index contributed by atoms with van der Waals surface area (Å²) < 4.78 is 5.04. The van der Waals surface area contributed by atoms with Crippen LogP contribution in [0.25, 0.3) is 0 Å². The molecule has 1 saturated heterocycles. The van der Waals surface area contributed by atoms with E-state index in [1.807, 2.05) is 0 Å². The number of carboxylic acids is 1. The Morgan fingerprint density at radius 3 is 2.62 bits per heavy atom. The maximum atomic E-state index is 11.2. The first-order chi connectivity index (χ1) is 7.59. The van der Waals surface area contributed by atoms with Gasteiger partial charge in [0.1, 0.15) is 5.03 Å². The van der Waals surface area contributed by atoms with E-state index in [2.05, 4.69) is 10.2 Å². The first-order valence-corrected chi connectivity index (χ1v) is 5.79. The third kappa shape index (κ3) is 2.03. The first-order valence-electron chi connectivity index (χ1n) is 4.91. The summed E-state index contributed by atoms with van der Waals surface area (Å²) in [6.45, 7) is 4.82. The number of aryl methyl sites for hydroxylation is 1. The van der Waals surface area contributed by atoms with Crippen molar-refractivity contribution < 1.29 is 14.6 Å². The van der Waals surface area contributed by atoms with E-state index in [0.717, 1.165) is 0 Å². The second kappa shape index (κ2) is 4.39. The molecule has 6 heteroatoms. The maximum Gasteiger partial charge on any atom is 0.338 e. The molecule has 86 valence electrons. The van der Waals surface area contributed by atoms with Crippen molar-refractivity contribution in [3.8, 4) is 0 Å². The lowest BCUT2D eigenvalue weighted by Crippen LogP contribution is -2.30. The quantitative estimate of drug-likeness (QED) is 0.858. The van der Waals surface area contributed by atoms with E-state index in [0.29, 0.717) is 34.7 Å². The normalized spacial score (nSPS) is 15.9. The first kappa shape index (κ1) is 11.3. The standard InChI is InChI=1S/C10H12N2O3S/c1-5-6(2)11-12-9(8(5)10(13)14)16-7-3-15-4-7/h7H,3-4H2,1-2H3,(H,13,14). The lowest BCUT2D eigenvalue weighted by molar-refractivity contribution is 0.0454. The molecular formula is C10H12N2O3S. The van der Waals surface area contributed by atoms with Crippen LogP contribution in [0.15, 0.2) is 5.03 Å². The fourth-order valence-corrected chi connectivity index (χ4v) is 2.45. The summed E-state index contributed by atoms with van der Waals surface area (Å²) in [5.41, 5.74) is 1.61. The molecule has 0 spiro atoms. The van der Waals surface area contributed by atoms with E-state index in [4.69, 9.17) is 9.84 Å². The Bertz CT molecular complexity index is 432. The van der Waals surface area contributed by atoms with Gasteiger partial charge in [-0.2, -0.15) is 5.10 Å². The highest BCUT2D eigenvalue weighted by atomic mass is 32.2. The van der Waals surface area contributed by atoms with Gasteiger partial charge in [-0.1, -0.05) is 11.8 Å². The summed E-state index contributed by atoms with van der Waals surface area (Å²) in [5, 5.41) is 17.9. The predicted octanol–water partition coefficient (Wildman–Crippen LogP) is 1.28. The minimum Gasteiger partial charge on any atom is -0.478 e. The molecule has 1 N–H and O–H groups in total. The van der Waals surface area contributed by atoms with Crippen LogP contribution in [0.2, 0.25) is 0 Å².